The Hall–Kier alpha value is -2.94. The van der Waals surface area contributed by atoms with Gasteiger partial charge in [-0.25, -0.2) is 0 Å². The van der Waals surface area contributed by atoms with Gasteiger partial charge >= 0.3 is 0 Å². The SMILES string of the molecule is NCCn1cc(C(=O)N2CCC[C@@H](C(=O)c3ccc4c(c3)OCO4)C2)nn1. The second-order valence-corrected chi connectivity index (χ2v) is 6.68. The standard InChI is InChI=1S/C18H21N5O4/c19-5-7-23-10-14(20-21-23)18(25)22-6-1-2-13(9-22)17(24)12-3-4-15-16(8-12)27-11-26-15/h3-4,8,10,13H,1-2,5-7,9,11,19H2/t13-/m1/s1. The van der Waals surface area contributed by atoms with Crippen LogP contribution in [0.4, 0.5) is 0 Å². The molecule has 1 fully saturated rings. The summed E-state index contributed by atoms with van der Waals surface area (Å²) in [4.78, 5) is 27.3. The first-order valence-corrected chi connectivity index (χ1v) is 8.99. The van der Waals surface area contributed by atoms with Gasteiger partial charge in [-0.3, -0.25) is 14.3 Å². The van der Waals surface area contributed by atoms with Crippen LogP contribution in [0.2, 0.25) is 0 Å². The summed E-state index contributed by atoms with van der Waals surface area (Å²) in [6.45, 7) is 2.07. The molecule has 4 rings (SSSR count). The maximum atomic E-state index is 12.9. The van der Waals surface area contributed by atoms with Gasteiger partial charge in [0, 0.05) is 31.1 Å². The van der Waals surface area contributed by atoms with Crippen LogP contribution in [0.25, 0.3) is 0 Å². The molecular formula is C18H21N5O4. The van der Waals surface area contributed by atoms with E-state index in [1.165, 1.54) is 0 Å². The van der Waals surface area contributed by atoms with Crippen molar-refractivity contribution in [2.75, 3.05) is 26.4 Å². The van der Waals surface area contributed by atoms with Crippen molar-refractivity contribution < 1.29 is 19.1 Å². The van der Waals surface area contributed by atoms with Gasteiger partial charge in [0.2, 0.25) is 6.79 Å². The smallest absolute Gasteiger partial charge is 0.276 e. The van der Waals surface area contributed by atoms with Crippen LogP contribution in [-0.4, -0.2) is 58.0 Å². The highest BCUT2D eigenvalue weighted by Crippen LogP contribution is 2.34. The van der Waals surface area contributed by atoms with E-state index in [9.17, 15) is 9.59 Å². The normalized spacial score (nSPS) is 18.6. The van der Waals surface area contributed by atoms with Gasteiger partial charge in [-0.2, -0.15) is 0 Å². The number of amides is 1. The summed E-state index contributed by atoms with van der Waals surface area (Å²) < 4.78 is 12.2. The fraction of sp³-hybridized carbons (Fsp3) is 0.444. The van der Waals surface area contributed by atoms with Gasteiger partial charge in [-0.1, -0.05) is 5.21 Å². The highest BCUT2D eigenvalue weighted by molar-refractivity contribution is 5.99. The van der Waals surface area contributed by atoms with Crippen LogP contribution in [0.1, 0.15) is 33.7 Å². The number of carbonyl (C=O) groups is 2. The summed E-state index contributed by atoms with van der Waals surface area (Å²) in [7, 11) is 0. The topological polar surface area (TPSA) is 113 Å². The van der Waals surface area contributed by atoms with E-state index in [1.807, 2.05) is 0 Å². The average Bonchev–Trinajstić information content (AvgIpc) is 3.36. The number of nitrogens with zero attached hydrogens (tertiary/aromatic N) is 4. The third kappa shape index (κ3) is 3.50. The summed E-state index contributed by atoms with van der Waals surface area (Å²) in [5.74, 6) is 0.787. The second-order valence-electron chi connectivity index (χ2n) is 6.68. The number of fused-ring (bicyclic) bond motifs is 1. The maximum absolute atomic E-state index is 12.9. The number of rotatable bonds is 5. The second kappa shape index (κ2) is 7.36. The van der Waals surface area contributed by atoms with E-state index in [2.05, 4.69) is 10.3 Å². The lowest BCUT2D eigenvalue weighted by Gasteiger charge is -2.31. The van der Waals surface area contributed by atoms with Crippen molar-refractivity contribution in [2.24, 2.45) is 11.7 Å². The average molecular weight is 371 g/mol. The Bertz CT molecular complexity index is 865. The number of hydrogen-bond donors (Lipinski definition) is 1. The van der Waals surface area contributed by atoms with Crippen LogP contribution in [0, 0.1) is 5.92 Å². The number of Topliss-reactive ketones (excluding diaryl/α,β-unsaturated/α-hetero) is 1. The van der Waals surface area contributed by atoms with Gasteiger partial charge in [0.25, 0.3) is 5.91 Å². The van der Waals surface area contributed by atoms with Crippen LogP contribution < -0.4 is 15.2 Å². The number of aromatic nitrogens is 3. The predicted molar refractivity (Wildman–Crippen MR) is 94.6 cm³/mol. The van der Waals surface area contributed by atoms with Crippen LogP contribution >= 0.6 is 0 Å². The number of benzene rings is 1. The molecule has 142 valence electrons. The molecule has 9 heteroatoms. The molecule has 1 amide bonds. The van der Waals surface area contributed by atoms with E-state index in [-0.39, 0.29) is 30.1 Å². The summed E-state index contributed by atoms with van der Waals surface area (Å²) >= 11 is 0. The molecule has 0 aliphatic carbocycles. The molecule has 3 heterocycles. The van der Waals surface area contributed by atoms with Gasteiger partial charge in [0.05, 0.1) is 12.7 Å². The summed E-state index contributed by atoms with van der Waals surface area (Å²) in [5.41, 5.74) is 6.34. The van der Waals surface area contributed by atoms with Crippen molar-refractivity contribution in [1.29, 1.82) is 0 Å². The van der Waals surface area contributed by atoms with Crippen LogP contribution in [-0.2, 0) is 6.54 Å². The molecule has 0 spiro atoms. The third-order valence-electron chi connectivity index (χ3n) is 4.85. The van der Waals surface area contributed by atoms with E-state index in [0.717, 1.165) is 12.8 Å². The van der Waals surface area contributed by atoms with Crippen molar-refractivity contribution in [3.05, 3.63) is 35.7 Å². The van der Waals surface area contributed by atoms with Crippen molar-refractivity contribution in [3.8, 4) is 11.5 Å². The van der Waals surface area contributed by atoms with Crippen molar-refractivity contribution in [1.82, 2.24) is 19.9 Å². The minimum Gasteiger partial charge on any atom is -0.454 e. The highest BCUT2D eigenvalue weighted by atomic mass is 16.7. The lowest BCUT2D eigenvalue weighted by Crippen LogP contribution is -2.42. The molecule has 2 N–H and O–H groups in total. The molecule has 2 aliphatic heterocycles. The minimum atomic E-state index is -0.248. The molecule has 1 atom stereocenters. The molecule has 0 radical (unpaired) electrons. The first-order chi connectivity index (χ1) is 13.2. The largest absolute Gasteiger partial charge is 0.454 e. The zero-order valence-corrected chi connectivity index (χ0v) is 14.8. The van der Waals surface area contributed by atoms with E-state index < -0.39 is 0 Å². The van der Waals surface area contributed by atoms with Gasteiger partial charge in [-0.15, -0.1) is 5.10 Å². The summed E-state index contributed by atoms with van der Waals surface area (Å²) in [5, 5.41) is 7.83. The molecule has 0 saturated carbocycles. The van der Waals surface area contributed by atoms with Crippen LogP contribution in [0.15, 0.2) is 24.4 Å². The zero-order chi connectivity index (χ0) is 18.8. The number of nitrogens with two attached hydrogens (primary N) is 1. The van der Waals surface area contributed by atoms with Gasteiger partial charge in [0.1, 0.15) is 0 Å². The molecule has 1 aromatic heterocycles. The van der Waals surface area contributed by atoms with E-state index in [4.69, 9.17) is 15.2 Å². The predicted octanol–water partition coefficient (Wildman–Crippen LogP) is 0.701. The molecule has 2 aliphatic rings. The van der Waals surface area contributed by atoms with Gasteiger partial charge in [0.15, 0.2) is 23.0 Å². The minimum absolute atomic E-state index is 0.0117. The number of hydrogen-bond acceptors (Lipinski definition) is 7. The number of ketones is 1. The fourth-order valence-corrected chi connectivity index (χ4v) is 3.46. The van der Waals surface area contributed by atoms with Crippen LogP contribution in [0.3, 0.4) is 0 Å². The van der Waals surface area contributed by atoms with E-state index >= 15 is 0 Å². The Morgan fingerprint density at radius 2 is 2.11 bits per heavy atom. The Labute approximate surface area is 156 Å². The molecule has 0 bridgehead atoms. The van der Waals surface area contributed by atoms with Crippen LogP contribution in [0.5, 0.6) is 11.5 Å². The third-order valence-corrected chi connectivity index (χ3v) is 4.85. The van der Waals surface area contributed by atoms with Crippen molar-refractivity contribution in [3.63, 3.8) is 0 Å². The van der Waals surface area contributed by atoms with E-state index in [0.29, 0.717) is 43.2 Å². The first kappa shape index (κ1) is 17.5. The van der Waals surface area contributed by atoms with Crippen molar-refractivity contribution in [2.45, 2.75) is 19.4 Å². The number of likely N-dealkylation sites (tertiary alicyclic amines) is 1. The first-order valence-electron chi connectivity index (χ1n) is 8.99. The molecule has 9 nitrogen and oxygen atoms in total. The number of carbonyl (C=O) groups excluding carboxylic acids is 2. The van der Waals surface area contributed by atoms with Gasteiger partial charge < -0.3 is 20.1 Å². The lowest BCUT2D eigenvalue weighted by molar-refractivity contribution is 0.0632. The molecular weight excluding hydrogens is 350 g/mol. The molecule has 1 saturated heterocycles. The number of ether oxygens (including phenoxy) is 2. The lowest BCUT2D eigenvalue weighted by atomic mass is 9.89. The fourth-order valence-electron chi connectivity index (χ4n) is 3.46. The number of piperidine rings is 1. The Morgan fingerprint density at radius 1 is 1.26 bits per heavy atom. The summed E-state index contributed by atoms with van der Waals surface area (Å²) in [6, 6.07) is 5.20. The Balaban J connectivity index is 1.45. The Morgan fingerprint density at radius 3 is 2.96 bits per heavy atom. The molecule has 27 heavy (non-hydrogen) atoms. The quantitative estimate of drug-likeness (QED) is 0.770. The maximum Gasteiger partial charge on any atom is 0.276 e. The molecule has 2 aromatic rings. The summed E-state index contributed by atoms with van der Waals surface area (Å²) in [6.07, 6.45) is 3.11. The van der Waals surface area contributed by atoms with E-state index in [1.54, 1.807) is 34.0 Å². The molecule has 1 aromatic carbocycles. The highest BCUT2D eigenvalue weighted by Gasteiger charge is 2.31. The zero-order valence-electron chi connectivity index (χ0n) is 14.8. The molecule has 0 unspecified atom stereocenters. The van der Waals surface area contributed by atoms with Crippen molar-refractivity contribution >= 4 is 11.7 Å². The monoisotopic (exact) mass is 371 g/mol. The van der Waals surface area contributed by atoms with Gasteiger partial charge in [-0.05, 0) is 31.0 Å². The Kier molecular flexibility index (Phi) is 4.76.